The molecule has 0 aliphatic carbocycles. The van der Waals surface area contributed by atoms with E-state index in [1.54, 1.807) is 60.7 Å². The molecule has 1 fully saturated rings. The van der Waals surface area contributed by atoms with Gasteiger partial charge in [0, 0.05) is 13.2 Å². The number of amides is 2. The minimum atomic E-state index is -4.06. The van der Waals surface area contributed by atoms with Gasteiger partial charge in [-0.2, -0.15) is 5.10 Å². The van der Waals surface area contributed by atoms with Crippen molar-refractivity contribution in [2.24, 2.45) is 5.10 Å². The van der Waals surface area contributed by atoms with Crippen LogP contribution in [0.25, 0.3) is 0 Å². The lowest BCUT2D eigenvalue weighted by atomic mass is 10.2. The second kappa shape index (κ2) is 14.5. The Balaban J connectivity index is 1.33. The van der Waals surface area contributed by atoms with E-state index in [1.807, 2.05) is 6.92 Å². The number of carbonyl (C=O) groups excluding carboxylic acids is 2. The highest BCUT2D eigenvalue weighted by Gasteiger charge is 2.27. The molecule has 0 spiro atoms. The number of rotatable bonds is 13. The molecule has 4 rings (SSSR count). The number of anilines is 1. The van der Waals surface area contributed by atoms with Gasteiger partial charge in [0.1, 0.15) is 18.0 Å². The zero-order valence-corrected chi connectivity index (χ0v) is 24.3. The van der Waals surface area contributed by atoms with Crippen LogP contribution in [0.1, 0.15) is 24.0 Å². The fraction of sp³-hybridized carbons (Fsp3) is 0.300. The van der Waals surface area contributed by atoms with Crippen LogP contribution in [0.5, 0.6) is 11.5 Å². The van der Waals surface area contributed by atoms with Gasteiger partial charge in [-0.25, -0.2) is 13.8 Å². The van der Waals surface area contributed by atoms with Gasteiger partial charge in [-0.15, -0.1) is 0 Å². The van der Waals surface area contributed by atoms with E-state index in [2.05, 4.69) is 15.8 Å². The van der Waals surface area contributed by atoms with Gasteiger partial charge in [-0.05, 0) is 86.0 Å². The minimum Gasteiger partial charge on any atom is -0.497 e. The number of hydrazone groups is 1. The molecule has 42 heavy (non-hydrogen) atoms. The number of ether oxygens (including phenoxy) is 3. The molecule has 0 unspecified atom stereocenters. The van der Waals surface area contributed by atoms with Crippen LogP contribution in [-0.4, -0.2) is 66.0 Å². The number of nitrogens with one attached hydrogen (secondary N) is 2. The normalized spacial score (nSPS) is 14.9. The Bertz CT molecular complexity index is 1470. The lowest BCUT2D eigenvalue weighted by Gasteiger charge is -2.24. The zero-order valence-electron chi connectivity index (χ0n) is 23.5. The van der Waals surface area contributed by atoms with Crippen molar-refractivity contribution < 1.29 is 32.2 Å². The number of hydrogen-bond acceptors (Lipinski definition) is 8. The Morgan fingerprint density at radius 3 is 2.33 bits per heavy atom. The second-order valence-electron chi connectivity index (χ2n) is 9.61. The number of carbonyl (C=O) groups is 2. The fourth-order valence-corrected chi connectivity index (χ4v) is 5.55. The van der Waals surface area contributed by atoms with Crippen molar-refractivity contribution >= 4 is 33.7 Å². The van der Waals surface area contributed by atoms with Crippen molar-refractivity contribution in [1.82, 2.24) is 10.7 Å². The molecule has 1 heterocycles. The summed E-state index contributed by atoms with van der Waals surface area (Å²) in [4.78, 5) is 24.8. The van der Waals surface area contributed by atoms with Crippen molar-refractivity contribution in [1.29, 1.82) is 0 Å². The van der Waals surface area contributed by atoms with E-state index >= 15 is 0 Å². The molecule has 1 atom stereocenters. The maximum absolute atomic E-state index is 13.5. The molecule has 11 nitrogen and oxygen atoms in total. The number of sulfonamides is 1. The molecular formula is C30H34N4O7S. The average Bonchev–Trinajstić information content (AvgIpc) is 3.52. The van der Waals surface area contributed by atoms with Crippen molar-refractivity contribution in [2.45, 2.75) is 30.8 Å². The van der Waals surface area contributed by atoms with E-state index in [9.17, 15) is 18.0 Å². The van der Waals surface area contributed by atoms with Crippen molar-refractivity contribution in [3.8, 4) is 11.5 Å². The van der Waals surface area contributed by atoms with Gasteiger partial charge in [-0.1, -0.05) is 17.7 Å². The summed E-state index contributed by atoms with van der Waals surface area (Å²) in [5.41, 5.74) is 4.25. The van der Waals surface area contributed by atoms with E-state index in [-0.39, 0.29) is 23.5 Å². The molecule has 1 aliphatic rings. The Morgan fingerprint density at radius 2 is 1.69 bits per heavy atom. The van der Waals surface area contributed by atoms with Gasteiger partial charge in [0.05, 0.1) is 30.0 Å². The van der Waals surface area contributed by atoms with Gasteiger partial charge in [0.25, 0.3) is 21.8 Å². The zero-order chi connectivity index (χ0) is 30.0. The Kier molecular flexibility index (Phi) is 10.5. The molecule has 3 aromatic rings. The summed E-state index contributed by atoms with van der Waals surface area (Å²) < 4.78 is 44.2. The first-order valence-corrected chi connectivity index (χ1v) is 14.8. The van der Waals surface area contributed by atoms with E-state index in [0.29, 0.717) is 29.3 Å². The van der Waals surface area contributed by atoms with Crippen LogP contribution in [0, 0.1) is 6.92 Å². The second-order valence-corrected chi connectivity index (χ2v) is 11.5. The van der Waals surface area contributed by atoms with Gasteiger partial charge < -0.3 is 19.5 Å². The van der Waals surface area contributed by atoms with Crippen LogP contribution in [0.2, 0.25) is 0 Å². The summed E-state index contributed by atoms with van der Waals surface area (Å²) in [6, 6.07) is 19.5. The first-order valence-electron chi connectivity index (χ1n) is 13.4. The molecular weight excluding hydrogens is 560 g/mol. The molecule has 0 aromatic heterocycles. The highest BCUT2D eigenvalue weighted by molar-refractivity contribution is 7.92. The van der Waals surface area contributed by atoms with Crippen LogP contribution in [0.3, 0.4) is 0 Å². The van der Waals surface area contributed by atoms with Gasteiger partial charge >= 0.3 is 0 Å². The molecule has 12 heteroatoms. The third kappa shape index (κ3) is 8.54. The molecule has 2 N–H and O–H groups in total. The molecule has 1 aliphatic heterocycles. The first-order chi connectivity index (χ1) is 20.2. The van der Waals surface area contributed by atoms with Crippen molar-refractivity contribution in [3.05, 3.63) is 83.9 Å². The van der Waals surface area contributed by atoms with Crippen molar-refractivity contribution in [3.63, 3.8) is 0 Å². The number of aryl methyl sites for hydroxylation is 1. The smallest absolute Gasteiger partial charge is 0.264 e. The number of nitrogens with zero attached hydrogens (tertiary/aromatic N) is 2. The highest BCUT2D eigenvalue weighted by Crippen LogP contribution is 2.26. The van der Waals surface area contributed by atoms with E-state index in [1.165, 1.54) is 25.5 Å². The SMILES string of the molecule is COc1ccc(N(CC(=O)N/N=C\c2ccc(OCC(=O)NC[C@H]3CCCO3)cc2)S(=O)(=O)c2ccc(C)cc2)cc1. The average molecular weight is 595 g/mol. The number of benzene rings is 3. The quantitative estimate of drug-likeness (QED) is 0.229. The van der Waals surface area contributed by atoms with E-state index in [4.69, 9.17) is 14.2 Å². The predicted octanol–water partition coefficient (Wildman–Crippen LogP) is 3.02. The van der Waals surface area contributed by atoms with Gasteiger partial charge in [0.15, 0.2) is 6.61 Å². The van der Waals surface area contributed by atoms with Gasteiger partial charge in [0.2, 0.25) is 0 Å². The maximum atomic E-state index is 13.5. The van der Waals surface area contributed by atoms with Gasteiger partial charge in [-0.3, -0.25) is 13.9 Å². The molecule has 2 amide bonds. The Labute approximate surface area is 245 Å². The molecule has 0 bridgehead atoms. The Morgan fingerprint density at radius 1 is 1.00 bits per heavy atom. The lowest BCUT2D eigenvalue weighted by molar-refractivity contribution is -0.123. The first kappa shape index (κ1) is 30.5. The van der Waals surface area contributed by atoms with E-state index < -0.39 is 22.5 Å². The topological polar surface area (TPSA) is 136 Å². The van der Waals surface area contributed by atoms with Crippen LogP contribution in [-0.2, 0) is 24.3 Å². The third-order valence-corrected chi connectivity index (χ3v) is 8.25. The monoisotopic (exact) mass is 594 g/mol. The number of hydrogen-bond donors (Lipinski definition) is 2. The third-order valence-electron chi connectivity index (χ3n) is 6.46. The number of methoxy groups -OCH3 is 1. The minimum absolute atomic E-state index is 0.0582. The lowest BCUT2D eigenvalue weighted by Crippen LogP contribution is -2.39. The molecule has 222 valence electrons. The maximum Gasteiger partial charge on any atom is 0.264 e. The molecule has 3 aromatic carbocycles. The van der Waals surface area contributed by atoms with Crippen LogP contribution < -0.4 is 24.5 Å². The molecule has 1 saturated heterocycles. The molecule has 0 radical (unpaired) electrons. The van der Waals surface area contributed by atoms with Crippen LogP contribution >= 0.6 is 0 Å². The molecule has 0 saturated carbocycles. The Hall–Kier alpha value is -4.42. The summed E-state index contributed by atoms with van der Waals surface area (Å²) in [5, 5.41) is 6.76. The predicted molar refractivity (Wildman–Crippen MR) is 158 cm³/mol. The highest BCUT2D eigenvalue weighted by atomic mass is 32.2. The largest absolute Gasteiger partial charge is 0.497 e. The standard InChI is InChI=1S/C30H34N4O7S/c1-22-5-15-28(16-6-22)42(37,38)34(24-9-13-25(39-2)14-10-24)20-29(35)33-32-18-23-7-11-26(12-8-23)41-21-30(36)31-19-27-4-3-17-40-27/h5-16,18,27H,3-4,17,19-21H2,1-2H3,(H,31,36)(H,33,35)/b32-18-/t27-/m1/s1. The summed E-state index contributed by atoms with van der Waals surface area (Å²) in [7, 11) is -2.55. The van der Waals surface area contributed by atoms with Crippen LogP contribution in [0.4, 0.5) is 5.69 Å². The van der Waals surface area contributed by atoms with E-state index in [0.717, 1.165) is 29.3 Å². The fourth-order valence-electron chi connectivity index (χ4n) is 4.13. The van der Waals surface area contributed by atoms with Crippen molar-refractivity contribution in [2.75, 3.05) is 37.7 Å². The van der Waals surface area contributed by atoms with Crippen LogP contribution in [0.15, 0.2) is 82.8 Å². The summed E-state index contributed by atoms with van der Waals surface area (Å²) in [5.74, 6) is 0.188. The summed E-state index contributed by atoms with van der Waals surface area (Å²) in [6.07, 6.45) is 3.44. The summed E-state index contributed by atoms with van der Waals surface area (Å²) >= 11 is 0. The summed E-state index contributed by atoms with van der Waals surface area (Å²) in [6.45, 7) is 2.44.